The Bertz CT molecular complexity index is 449. The van der Waals surface area contributed by atoms with E-state index < -0.39 is 0 Å². The number of fused-ring (bicyclic) bond motifs is 3. The second kappa shape index (κ2) is 5.21. The van der Waals surface area contributed by atoms with Crippen molar-refractivity contribution in [3.63, 3.8) is 0 Å². The van der Waals surface area contributed by atoms with E-state index in [1.54, 1.807) is 31.4 Å². The topological polar surface area (TPSA) is 38.8 Å². The molecule has 4 heteroatoms. The number of hydrogen-bond donors (Lipinski definition) is 0. The quantitative estimate of drug-likeness (QED) is 0.780. The van der Waals surface area contributed by atoms with Crippen LogP contribution in [0.25, 0.3) is 0 Å². The van der Waals surface area contributed by atoms with Crippen molar-refractivity contribution in [3.8, 4) is 5.75 Å². The van der Waals surface area contributed by atoms with Gasteiger partial charge in [0.1, 0.15) is 11.9 Å². The first-order valence-electron chi connectivity index (χ1n) is 6.83. The van der Waals surface area contributed by atoms with Gasteiger partial charge in [0, 0.05) is 6.54 Å². The average molecular weight is 261 g/mol. The van der Waals surface area contributed by atoms with Crippen LogP contribution < -0.4 is 4.74 Å². The number of benzene rings is 1. The third-order valence-corrected chi connectivity index (χ3v) is 4.18. The number of carbonyl (C=O) groups excluding carboxylic acids is 1. The van der Waals surface area contributed by atoms with Gasteiger partial charge in [0.15, 0.2) is 0 Å². The minimum Gasteiger partial charge on any atom is -0.497 e. The summed E-state index contributed by atoms with van der Waals surface area (Å²) in [5.74, 6) is 1.08. The molecule has 4 nitrogen and oxygen atoms in total. The Labute approximate surface area is 113 Å². The molecule has 0 unspecified atom stereocenters. The van der Waals surface area contributed by atoms with Gasteiger partial charge >= 0.3 is 5.97 Å². The fraction of sp³-hybridized carbons (Fsp3) is 0.533. The van der Waals surface area contributed by atoms with Crippen LogP contribution in [-0.4, -0.2) is 43.7 Å². The molecular formula is C15H19NO3. The Hall–Kier alpha value is -1.55. The summed E-state index contributed by atoms with van der Waals surface area (Å²) in [6, 6.07) is 7.07. The highest BCUT2D eigenvalue weighted by molar-refractivity contribution is 5.89. The zero-order valence-electron chi connectivity index (χ0n) is 11.2. The summed E-state index contributed by atoms with van der Waals surface area (Å²) < 4.78 is 10.7. The lowest BCUT2D eigenvalue weighted by Gasteiger charge is -2.43. The van der Waals surface area contributed by atoms with Crippen LogP contribution in [0.3, 0.4) is 0 Å². The molecule has 3 aliphatic rings. The van der Waals surface area contributed by atoms with E-state index >= 15 is 0 Å². The molecule has 1 aromatic rings. The van der Waals surface area contributed by atoms with Gasteiger partial charge in [-0.05, 0) is 56.1 Å². The maximum atomic E-state index is 12.1. The summed E-state index contributed by atoms with van der Waals surface area (Å²) in [7, 11) is 1.61. The lowest BCUT2D eigenvalue weighted by atomic mass is 9.86. The summed E-state index contributed by atoms with van der Waals surface area (Å²) in [6.45, 7) is 3.20. The Kier molecular flexibility index (Phi) is 3.42. The van der Waals surface area contributed by atoms with Gasteiger partial charge < -0.3 is 9.47 Å². The third kappa shape index (κ3) is 2.59. The van der Waals surface area contributed by atoms with Crippen LogP contribution in [0.5, 0.6) is 5.75 Å². The van der Waals surface area contributed by atoms with E-state index in [4.69, 9.17) is 9.47 Å². The number of carbonyl (C=O) groups is 1. The van der Waals surface area contributed by atoms with Crippen LogP contribution in [0.2, 0.25) is 0 Å². The predicted molar refractivity (Wildman–Crippen MR) is 71.4 cm³/mol. The molecule has 3 aliphatic heterocycles. The number of hydrogen-bond acceptors (Lipinski definition) is 4. The van der Waals surface area contributed by atoms with Gasteiger partial charge in [-0.1, -0.05) is 0 Å². The van der Waals surface area contributed by atoms with E-state index in [0.29, 0.717) is 11.5 Å². The lowest BCUT2D eigenvalue weighted by Crippen LogP contribution is -2.51. The van der Waals surface area contributed by atoms with Gasteiger partial charge in [0.05, 0.1) is 12.7 Å². The van der Waals surface area contributed by atoms with Crippen molar-refractivity contribution in [2.75, 3.05) is 26.7 Å². The van der Waals surface area contributed by atoms with E-state index in [1.807, 2.05) is 0 Å². The molecule has 3 fully saturated rings. The molecule has 0 aromatic heterocycles. The summed E-state index contributed by atoms with van der Waals surface area (Å²) in [5, 5.41) is 0. The van der Waals surface area contributed by atoms with Gasteiger partial charge in [-0.2, -0.15) is 0 Å². The van der Waals surface area contributed by atoms with Crippen molar-refractivity contribution >= 4 is 5.97 Å². The van der Waals surface area contributed by atoms with Crippen LogP contribution in [0.1, 0.15) is 23.2 Å². The minimum atomic E-state index is -0.221. The van der Waals surface area contributed by atoms with Gasteiger partial charge in [-0.15, -0.1) is 0 Å². The average Bonchev–Trinajstić information content (AvgIpc) is 2.48. The molecule has 1 aromatic carbocycles. The van der Waals surface area contributed by atoms with E-state index in [0.717, 1.165) is 38.2 Å². The molecule has 4 rings (SSSR count). The maximum absolute atomic E-state index is 12.1. The molecule has 102 valence electrons. The smallest absolute Gasteiger partial charge is 0.338 e. The number of esters is 1. The van der Waals surface area contributed by atoms with E-state index in [1.165, 1.54) is 0 Å². The summed E-state index contributed by atoms with van der Waals surface area (Å²) in [5.41, 5.74) is 0.595. The molecule has 0 N–H and O–H groups in total. The van der Waals surface area contributed by atoms with Crippen LogP contribution in [0.4, 0.5) is 0 Å². The first kappa shape index (κ1) is 12.5. The normalized spacial score (nSPS) is 29.0. The fourth-order valence-corrected chi connectivity index (χ4v) is 2.98. The molecule has 3 saturated heterocycles. The van der Waals surface area contributed by atoms with E-state index in [9.17, 15) is 4.79 Å². The number of rotatable bonds is 3. The SMILES string of the molecule is COc1ccc(C(=O)O[C@@H]2CN3CCC2CC3)cc1. The third-order valence-electron chi connectivity index (χ3n) is 4.18. The second-order valence-corrected chi connectivity index (χ2v) is 5.31. The van der Waals surface area contributed by atoms with Crippen molar-refractivity contribution in [2.45, 2.75) is 18.9 Å². The molecule has 19 heavy (non-hydrogen) atoms. The Morgan fingerprint density at radius 3 is 2.42 bits per heavy atom. The molecule has 3 heterocycles. The highest BCUT2D eigenvalue weighted by Gasteiger charge is 2.36. The van der Waals surface area contributed by atoms with Crippen molar-refractivity contribution < 1.29 is 14.3 Å². The fourth-order valence-electron chi connectivity index (χ4n) is 2.98. The van der Waals surface area contributed by atoms with Gasteiger partial charge in [0.2, 0.25) is 0 Å². The summed E-state index contributed by atoms with van der Waals surface area (Å²) in [6.07, 6.45) is 2.37. The van der Waals surface area contributed by atoms with Gasteiger partial charge in [-0.25, -0.2) is 4.79 Å². The summed E-state index contributed by atoms with van der Waals surface area (Å²) >= 11 is 0. The first-order chi connectivity index (χ1) is 9.26. The number of methoxy groups -OCH3 is 1. The monoisotopic (exact) mass is 261 g/mol. The van der Waals surface area contributed by atoms with Crippen molar-refractivity contribution in [1.29, 1.82) is 0 Å². The van der Waals surface area contributed by atoms with E-state index in [2.05, 4.69) is 4.90 Å². The molecule has 0 amide bonds. The molecule has 0 spiro atoms. The molecular weight excluding hydrogens is 242 g/mol. The lowest BCUT2D eigenvalue weighted by molar-refractivity contribution is -0.0455. The highest BCUT2D eigenvalue weighted by atomic mass is 16.5. The Morgan fingerprint density at radius 2 is 1.89 bits per heavy atom. The molecule has 0 saturated carbocycles. The first-order valence-corrected chi connectivity index (χ1v) is 6.83. The predicted octanol–water partition coefficient (Wildman–Crippen LogP) is 1.95. The van der Waals surface area contributed by atoms with Gasteiger partial charge in [-0.3, -0.25) is 4.90 Å². The molecule has 0 radical (unpaired) electrons. The maximum Gasteiger partial charge on any atom is 0.338 e. The molecule has 1 atom stereocenters. The number of ether oxygens (including phenoxy) is 2. The zero-order chi connectivity index (χ0) is 13.2. The highest BCUT2D eigenvalue weighted by Crippen LogP contribution is 2.30. The summed E-state index contributed by atoms with van der Waals surface area (Å²) in [4.78, 5) is 14.5. The largest absolute Gasteiger partial charge is 0.497 e. The van der Waals surface area contributed by atoms with Crippen LogP contribution in [0, 0.1) is 5.92 Å². The van der Waals surface area contributed by atoms with Crippen molar-refractivity contribution in [3.05, 3.63) is 29.8 Å². The Morgan fingerprint density at radius 1 is 1.21 bits per heavy atom. The Balaban J connectivity index is 1.64. The number of nitrogens with zero attached hydrogens (tertiary/aromatic N) is 1. The van der Waals surface area contributed by atoms with Gasteiger partial charge in [0.25, 0.3) is 0 Å². The minimum absolute atomic E-state index is 0.0668. The second-order valence-electron chi connectivity index (χ2n) is 5.31. The van der Waals surface area contributed by atoms with E-state index in [-0.39, 0.29) is 12.1 Å². The van der Waals surface area contributed by atoms with Crippen LogP contribution in [-0.2, 0) is 4.74 Å². The molecule has 2 bridgehead atoms. The zero-order valence-corrected chi connectivity index (χ0v) is 11.2. The van der Waals surface area contributed by atoms with Crippen molar-refractivity contribution in [1.82, 2.24) is 4.90 Å². The van der Waals surface area contributed by atoms with Crippen LogP contribution in [0.15, 0.2) is 24.3 Å². The van der Waals surface area contributed by atoms with Crippen LogP contribution >= 0.6 is 0 Å². The number of piperidine rings is 3. The standard InChI is InChI=1S/C15H19NO3/c1-18-13-4-2-12(3-5-13)15(17)19-14-10-16-8-6-11(14)7-9-16/h2-5,11,14H,6-10H2,1H3/t14-/m1/s1. The van der Waals surface area contributed by atoms with Crippen molar-refractivity contribution in [2.24, 2.45) is 5.92 Å². The molecule has 0 aliphatic carbocycles.